The molecule has 0 aliphatic heterocycles. The van der Waals surface area contributed by atoms with Gasteiger partial charge in [0.15, 0.2) is 5.65 Å². The Balaban J connectivity index is 1.77. The van der Waals surface area contributed by atoms with E-state index in [1.807, 2.05) is 37.3 Å². The van der Waals surface area contributed by atoms with Gasteiger partial charge >= 0.3 is 0 Å². The first-order chi connectivity index (χ1) is 11.0. The molecule has 0 unspecified atom stereocenters. The Labute approximate surface area is 134 Å². The summed E-state index contributed by atoms with van der Waals surface area (Å²) in [6, 6.07) is 11.5. The number of sulfonamides is 1. The lowest BCUT2D eigenvalue weighted by Gasteiger charge is -2.07. The summed E-state index contributed by atoms with van der Waals surface area (Å²) >= 11 is 0. The molecular formula is C16H16N4O2S. The monoisotopic (exact) mass is 328 g/mol. The summed E-state index contributed by atoms with van der Waals surface area (Å²) in [6.07, 6.45) is 3.01. The third-order valence-electron chi connectivity index (χ3n) is 3.93. The van der Waals surface area contributed by atoms with E-state index in [0.29, 0.717) is 11.3 Å². The van der Waals surface area contributed by atoms with Gasteiger partial charge in [0.05, 0.1) is 28.5 Å². The van der Waals surface area contributed by atoms with E-state index in [0.717, 1.165) is 29.6 Å². The Hall–Kier alpha value is -2.41. The van der Waals surface area contributed by atoms with E-state index in [2.05, 4.69) is 14.8 Å². The zero-order chi connectivity index (χ0) is 16.0. The van der Waals surface area contributed by atoms with Gasteiger partial charge in [0.1, 0.15) is 0 Å². The maximum Gasteiger partial charge on any atom is 0.235 e. The molecule has 0 bridgehead atoms. The minimum atomic E-state index is -3.28. The quantitative estimate of drug-likeness (QED) is 0.799. The minimum Gasteiger partial charge on any atom is -0.282 e. The number of nitrogens with one attached hydrogen (secondary N) is 1. The summed E-state index contributed by atoms with van der Waals surface area (Å²) in [6.45, 7) is 1.89. The van der Waals surface area contributed by atoms with Crippen molar-refractivity contribution < 1.29 is 8.42 Å². The van der Waals surface area contributed by atoms with E-state index >= 15 is 0 Å². The van der Waals surface area contributed by atoms with Crippen LogP contribution in [0.25, 0.3) is 16.7 Å². The number of hydrogen-bond donors (Lipinski definition) is 1. The first-order valence-electron chi connectivity index (χ1n) is 7.47. The molecule has 1 aromatic carbocycles. The fourth-order valence-electron chi connectivity index (χ4n) is 2.57. The van der Waals surface area contributed by atoms with Crippen molar-refractivity contribution in [3.05, 3.63) is 48.3 Å². The number of aryl methyl sites for hydroxylation is 1. The van der Waals surface area contributed by atoms with Crippen LogP contribution in [0.2, 0.25) is 0 Å². The number of rotatable bonds is 4. The molecule has 0 saturated heterocycles. The molecule has 1 aliphatic carbocycles. The van der Waals surface area contributed by atoms with Gasteiger partial charge in [-0.25, -0.2) is 18.1 Å². The van der Waals surface area contributed by atoms with Crippen molar-refractivity contribution in [2.24, 2.45) is 0 Å². The summed E-state index contributed by atoms with van der Waals surface area (Å²) < 4.78 is 28.5. The van der Waals surface area contributed by atoms with E-state index in [1.54, 1.807) is 16.9 Å². The molecule has 2 aromatic heterocycles. The lowest BCUT2D eigenvalue weighted by molar-refractivity contribution is 0.600. The Morgan fingerprint density at radius 3 is 2.65 bits per heavy atom. The average Bonchev–Trinajstić information content (AvgIpc) is 3.35. The molecule has 118 valence electrons. The number of hydrogen-bond acceptors (Lipinski definition) is 4. The van der Waals surface area contributed by atoms with Gasteiger partial charge in [0.25, 0.3) is 0 Å². The number of nitrogens with zero attached hydrogens (tertiary/aromatic N) is 3. The summed E-state index contributed by atoms with van der Waals surface area (Å²) in [7, 11) is -3.28. The van der Waals surface area contributed by atoms with Crippen molar-refractivity contribution in [1.29, 1.82) is 0 Å². The molecule has 1 fully saturated rings. The van der Waals surface area contributed by atoms with Crippen LogP contribution in [0.1, 0.15) is 18.5 Å². The number of aromatic nitrogens is 3. The normalized spacial score (nSPS) is 15.0. The topological polar surface area (TPSA) is 76.9 Å². The number of fused-ring (bicyclic) bond motifs is 1. The summed E-state index contributed by atoms with van der Waals surface area (Å²) in [4.78, 5) is 4.42. The second-order valence-corrected chi connectivity index (χ2v) is 7.74. The Morgan fingerprint density at radius 2 is 1.96 bits per heavy atom. The highest BCUT2D eigenvalue weighted by Crippen LogP contribution is 2.30. The summed E-state index contributed by atoms with van der Waals surface area (Å²) in [5.41, 5.74) is 2.93. The highest BCUT2D eigenvalue weighted by molar-refractivity contribution is 7.93. The second kappa shape index (κ2) is 5.06. The summed E-state index contributed by atoms with van der Waals surface area (Å²) in [5, 5.41) is 5.10. The van der Waals surface area contributed by atoms with Crippen molar-refractivity contribution in [3.8, 4) is 5.69 Å². The van der Waals surface area contributed by atoms with E-state index < -0.39 is 10.0 Å². The van der Waals surface area contributed by atoms with Crippen LogP contribution < -0.4 is 4.72 Å². The van der Waals surface area contributed by atoms with Crippen LogP contribution in [0.15, 0.2) is 42.6 Å². The Bertz CT molecular complexity index is 976. The van der Waals surface area contributed by atoms with Gasteiger partial charge in [-0.1, -0.05) is 18.2 Å². The van der Waals surface area contributed by atoms with Crippen LogP contribution in [0.3, 0.4) is 0 Å². The van der Waals surface area contributed by atoms with Crippen LogP contribution in [-0.2, 0) is 10.0 Å². The maximum absolute atomic E-state index is 12.1. The van der Waals surface area contributed by atoms with Gasteiger partial charge in [-0.3, -0.25) is 4.72 Å². The fraction of sp³-hybridized carbons (Fsp3) is 0.250. The van der Waals surface area contributed by atoms with Crippen LogP contribution in [-0.4, -0.2) is 28.4 Å². The lowest BCUT2D eigenvalue weighted by atomic mass is 10.2. The predicted molar refractivity (Wildman–Crippen MR) is 89.2 cm³/mol. The standard InChI is InChI=1S/C16H16N4O2S/c1-11-15-9-12(19-23(21,22)14-7-8-14)10-17-16(15)20(18-11)13-5-3-2-4-6-13/h2-6,9-10,14,19H,7-8H2,1H3. The molecule has 0 atom stereocenters. The molecule has 0 spiro atoms. The van der Waals surface area contributed by atoms with Gasteiger partial charge in [-0.2, -0.15) is 5.10 Å². The molecule has 6 nitrogen and oxygen atoms in total. The molecule has 0 radical (unpaired) electrons. The highest BCUT2D eigenvalue weighted by Gasteiger charge is 2.35. The van der Waals surface area contributed by atoms with Crippen molar-refractivity contribution in [2.75, 3.05) is 4.72 Å². The smallest absolute Gasteiger partial charge is 0.235 e. The Morgan fingerprint density at radius 1 is 1.22 bits per heavy atom. The van der Waals surface area contributed by atoms with Crippen LogP contribution in [0, 0.1) is 6.92 Å². The first-order valence-corrected chi connectivity index (χ1v) is 9.02. The van der Waals surface area contributed by atoms with Gasteiger partial charge in [-0.15, -0.1) is 0 Å². The molecular weight excluding hydrogens is 312 g/mol. The van der Waals surface area contributed by atoms with E-state index in [-0.39, 0.29) is 5.25 Å². The summed E-state index contributed by atoms with van der Waals surface area (Å²) in [5.74, 6) is 0. The zero-order valence-corrected chi connectivity index (χ0v) is 13.4. The third-order valence-corrected chi connectivity index (χ3v) is 5.80. The zero-order valence-electron chi connectivity index (χ0n) is 12.6. The van der Waals surface area contributed by atoms with Crippen molar-refractivity contribution >= 4 is 26.7 Å². The number of para-hydroxylation sites is 1. The SMILES string of the molecule is Cc1nn(-c2ccccc2)c2ncc(NS(=O)(=O)C3CC3)cc12. The fourth-order valence-corrected chi connectivity index (χ4v) is 3.94. The van der Waals surface area contributed by atoms with Gasteiger partial charge in [-0.05, 0) is 38.0 Å². The van der Waals surface area contributed by atoms with Crippen molar-refractivity contribution in [3.63, 3.8) is 0 Å². The largest absolute Gasteiger partial charge is 0.282 e. The number of pyridine rings is 1. The van der Waals surface area contributed by atoms with Gasteiger partial charge < -0.3 is 0 Å². The lowest BCUT2D eigenvalue weighted by Crippen LogP contribution is -2.17. The van der Waals surface area contributed by atoms with Crippen molar-refractivity contribution in [2.45, 2.75) is 25.0 Å². The molecule has 7 heteroatoms. The number of benzene rings is 1. The molecule has 1 saturated carbocycles. The highest BCUT2D eigenvalue weighted by atomic mass is 32.2. The van der Waals surface area contributed by atoms with Crippen LogP contribution in [0.5, 0.6) is 0 Å². The van der Waals surface area contributed by atoms with Gasteiger partial charge in [0, 0.05) is 5.39 Å². The molecule has 2 heterocycles. The van der Waals surface area contributed by atoms with Crippen LogP contribution in [0.4, 0.5) is 5.69 Å². The van der Waals surface area contributed by atoms with E-state index in [9.17, 15) is 8.42 Å². The average molecular weight is 328 g/mol. The molecule has 4 rings (SSSR count). The first kappa shape index (κ1) is 14.2. The molecule has 0 amide bonds. The maximum atomic E-state index is 12.1. The molecule has 23 heavy (non-hydrogen) atoms. The Kier molecular flexibility index (Phi) is 3.12. The van der Waals surface area contributed by atoms with E-state index in [4.69, 9.17) is 0 Å². The second-order valence-electron chi connectivity index (χ2n) is 5.77. The van der Waals surface area contributed by atoms with E-state index in [1.165, 1.54) is 0 Å². The predicted octanol–water partition coefficient (Wildman–Crippen LogP) is 2.63. The van der Waals surface area contributed by atoms with Crippen molar-refractivity contribution in [1.82, 2.24) is 14.8 Å². The van der Waals surface area contributed by atoms with Gasteiger partial charge in [0.2, 0.25) is 10.0 Å². The molecule has 1 N–H and O–H groups in total. The number of anilines is 1. The third kappa shape index (κ3) is 2.57. The molecule has 3 aromatic rings. The molecule has 1 aliphatic rings. The van der Waals surface area contributed by atoms with Crippen LogP contribution >= 0.6 is 0 Å². The minimum absolute atomic E-state index is 0.258.